The summed E-state index contributed by atoms with van der Waals surface area (Å²) in [5.74, 6) is 0.120. The van der Waals surface area contributed by atoms with Crippen LogP contribution in [0.1, 0.15) is 45.4 Å². The Kier molecular flexibility index (Phi) is 5.08. The van der Waals surface area contributed by atoms with Gasteiger partial charge >= 0.3 is 5.97 Å². The summed E-state index contributed by atoms with van der Waals surface area (Å²) in [7, 11) is 4.26. The number of likely N-dealkylation sites (tertiary alicyclic amines) is 1. The van der Waals surface area contributed by atoms with Gasteiger partial charge in [-0.2, -0.15) is 0 Å². The van der Waals surface area contributed by atoms with E-state index in [9.17, 15) is 9.90 Å². The number of rotatable bonds is 4. The second-order valence-corrected chi connectivity index (χ2v) is 7.26. The summed E-state index contributed by atoms with van der Waals surface area (Å²) in [6.07, 6.45) is 6.27. The number of piperidine rings is 1. The van der Waals surface area contributed by atoms with E-state index < -0.39 is 11.4 Å². The molecule has 2 rings (SSSR count). The van der Waals surface area contributed by atoms with Crippen molar-refractivity contribution in [3.8, 4) is 0 Å². The zero-order valence-corrected chi connectivity index (χ0v) is 13.3. The third kappa shape index (κ3) is 3.53. The normalized spacial score (nSPS) is 36.2. The first-order chi connectivity index (χ1) is 9.43. The fourth-order valence-corrected chi connectivity index (χ4v) is 3.78. The Hall–Kier alpha value is -0.610. The van der Waals surface area contributed by atoms with Crippen LogP contribution in [0.15, 0.2) is 0 Å². The van der Waals surface area contributed by atoms with Gasteiger partial charge < -0.3 is 14.9 Å². The van der Waals surface area contributed by atoms with Crippen molar-refractivity contribution in [2.45, 2.75) is 51.5 Å². The van der Waals surface area contributed by atoms with Crippen LogP contribution in [-0.4, -0.2) is 60.6 Å². The maximum Gasteiger partial charge on any atom is 0.310 e. The van der Waals surface area contributed by atoms with E-state index in [1.165, 1.54) is 12.8 Å². The van der Waals surface area contributed by atoms with Gasteiger partial charge in [-0.05, 0) is 65.1 Å². The molecule has 1 heterocycles. The van der Waals surface area contributed by atoms with Crippen molar-refractivity contribution >= 4 is 5.97 Å². The van der Waals surface area contributed by atoms with Gasteiger partial charge in [0.15, 0.2) is 0 Å². The second kappa shape index (κ2) is 6.44. The molecule has 4 nitrogen and oxygen atoms in total. The first-order valence-electron chi connectivity index (χ1n) is 8.05. The lowest BCUT2D eigenvalue weighted by atomic mass is 9.70. The largest absolute Gasteiger partial charge is 0.481 e. The van der Waals surface area contributed by atoms with E-state index in [4.69, 9.17) is 0 Å². The Labute approximate surface area is 123 Å². The van der Waals surface area contributed by atoms with Gasteiger partial charge in [-0.1, -0.05) is 6.92 Å². The summed E-state index contributed by atoms with van der Waals surface area (Å²) >= 11 is 0. The highest BCUT2D eigenvalue weighted by Crippen LogP contribution is 2.40. The lowest BCUT2D eigenvalue weighted by Gasteiger charge is -2.43. The molecule has 1 aliphatic heterocycles. The van der Waals surface area contributed by atoms with Crippen LogP contribution in [0.4, 0.5) is 0 Å². The summed E-state index contributed by atoms with van der Waals surface area (Å²) in [5, 5.41) is 9.74. The van der Waals surface area contributed by atoms with Crippen LogP contribution in [0.5, 0.6) is 0 Å². The molecule has 116 valence electrons. The van der Waals surface area contributed by atoms with Gasteiger partial charge in [0.25, 0.3) is 0 Å². The molecule has 0 aromatic heterocycles. The third-order valence-electron chi connectivity index (χ3n) is 5.42. The molecule has 0 spiro atoms. The Morgan fingerprint density at radius 3 is 2.50 bits per heavy atom. The van der Waals surface area contributed by atoms with Crippen molar-refractivity contribution in [3.05, 3.63) is 0 Å². The van der Waals surface area contributed by atoms with Crippen molar-refractivity contribution in [1.82, 2.24) is 9.80 Å². The first kappa shape index (κ1) is 15.8. The molecule has 0 aromatic rings. The van der Waals surface area contributed by atoms with E-state index in [2.05, 4.69) is 30.8 Å². The highest BCUT2D eigenvalue weighted by atomic mass is 16.4. The molecule has 0 radical (unpaired) electrons. The van der Waals surface area contributed by atoms with Crippen LogP contribution in [0.25, 0.3) is 0 Å². The molecule has 1 unspecified atom stereocenters. The highest BCUT2D eigenvalue weighted by Gasteiger charge is 2.43. The molecule has 2 fully saturated rings. The van der Waals surface area contributed by atoms with Gasteiger partial charge in [0.2, 0.25) is 0 Å². The molecule has 20 heavy (non-hydrogen) atoms. The molecular weight excluding hydrogens is 252 g/mol. The van der Waals surface area contributed by atoms with Crippen molar-refractivity contribution in [1.29, 1.82) is 0 Å². The average molecular weight is 282 g/mol. The van der Waals surface area contributed by atoms with Gasteiger partial charge in [0.05, 0.1) is 5.41 Å². The predicted molar refractivity (Wildman–Crippen MR) is 80.8 cm³/mol. The lowest BCUT2D eigenvalue weighted by Crippen LogP contribution is -2.51. The van der Waals surface area contributed by atoms with Crippen LogP contribution in [0, 0.1) is 11.3 Å². The van der Waals surface area contributed by atoms with Crippen molar-refractivity contribution in [3.63, 3.8) is 0 Å². The lowest BCUT2D eigenvalue weighted by molar-refractivity contribution is -0.153. The van der Waals surface area contributed by atoms with Crippen LogP contribution >= 0.6 is 0 Å². The summed E-state index contributed by atoms with van der Waals surface area (Å²) in [6.45, 7) is 5.08. The van der Waals surface area contributed by atoms with Gasteiger partial charge in [0.1, 0.15) is 0 Å². The maximum absolute atomic E-state index is 11.8. The molecule has 4 heteroatoms. The standard InChI is InChI=1S/C16H30N2O2/c1-13-6-8-16(9-7-13,15(19)20)12-18-10-4-5-14(11-18)17(2)3/h13-14H,4-12H2,1-3H3,(H,19,20). The van der Waals surface area contributed by atoms with Gasteiger partial charge in [-0.25, -0.2) is 0 Å². The SMILES string of the molecule is CC1CCC(CN2CCCC(N(C)C)C2)(C(=O)O)CC1. The van der Waals surface area contributed by atoms with Crippen molar-refractivity contribution in [2.24, 2.45) is 11.3 Å². The van der Waals surface area contributed by atoms with Crippen LogP contribution in [-0.2, 0) is 4.79 Å². The number of carboxylic acid groups (broad SMARTS) is 1. The van der Waals surface area contributed by atoms with E-state index in [0.717, 1.165) is 45.3 Å². The molecule has 0 amide bonds. The monoisotopic (exact) mass is 282 g/mol. The molecule has 1 saturated carbocycles. The number of carboxylic acids is 1. The van der Waals surface area contributed by atoms with E-state index in [0.29, 0.717) is 12.0 Å². The molecule has 0 aromatic carbocycles. The maximum atomic E-state index is 11.8. The minimum absolute atomic E-state index is 0.485. The summed E-state index contributed by atoms with van der Waals surface area (Å²) in [5.41, 5.74) is -0.485. The predicted octanol–water partition coefficient (Wildman–Crippen LogP) is 2.29. The molecule has 1 aliphatic carbocycles. The Morgan fingerprint density at radius 2 is 1.95 bits per heavy atom. The molecule has 0 bridgehead atoms. The van der Waals surface area contributed by atoms with E-state index in [1.54, 1.807) is 0 Å². The number of hydrogen-bond donors (Lipinski definition) is 1. The zero-order chi connectivity index (χ0) is 14.8. The van der Waals surface area contributed by atoms with Gasteiger partial charge in [-0.3, -0.25) is 4.79 Å². The van der Waals surface area contributed by atoms with E-state index >= 15 is 0 Å². The van der Waals surface area contributed by atoms with Crippen molar-refractivity contribution in [2.75, 3.05) is 33.7 Å². The number of aliphatic carboxylic acids is 1. The second-order valence-electron chi connectivity index (χ2n) is 7.26. The number of hydrogen-bond acceptors (Lipinski definition) is 3. The number of likely N-dealkylation sites (N-methyl/N-ethyl adjacent to an activating group) is 1. The Bertz CT molecular complexity index is 335. The zero-order valence-electron chi connectivity index (χ0n) is 13.3. The average Bonchev–Trinajstić information content (AvgIpc) is 2.41. The fraction of sp³-hybridized carbons (Fsp3) is 0.938. The molecule has 1 atom stereocenters. The minimum Gasteiger partial charge on any atom is -0.481 e. The molecule has 2 aliphatic rings. The molecule has 1 N–H and O–H groups in total. The summed E-state index contributed by atoms with van der Waals surface area (Å²) in [4.78, 5) is 16.5. The van der Waals surface area contributed by atoms with E-state index in [-0.39, 0.29) is 0 Å². The quantitative estimate of drug-likeness (QED) is 0.859. The Morgan fingerprint density at radius 1 is 1.30 bits per heavy atom. The van der Waals surface area contributed by atoms with E-state index in [1.807, 2.05) is 0 Å². The fourth-order valence-electron chi connectivity index (χ4n) is 3.78. The summed E-state index contributed by atoms with van der Waals surface area (Å²) in [6, 6.07) is 0.581. The molecular formula is C16H30N2O2. The van der Waals surface area contributed by atoms with Crippen LogP contribution < -0.4 is 0 Å². The smallest absolute Gasteiger partial charge is 0.310 e. The summed E-state index contributed by atoms with van der Waals surface area (Å²) < 4.78 is 0. The highest BCUT2D eigenvalue weighted by molar-refractivity contribution is 5.75. The Balaban J connectivity index is 1.99. The van der Waals surface area contributed by atoms with Gasteiger partial charge in [-0.15, -0.1) is 0 Å². The minimum atomic E-state index is -0.573. The first-order valence-corrected chi connectivity index (χ1v) is 8.05. The van der Waals surface area contributed by atoms with Gasteiger partial charge in [0, 0.05) is 19.1 Å². The van der Waals surface area contributed by atoms with Crippen molar-refractivity contribution < 1.29 is 9.90 Å². The number of carbonyl (C=O) groups is 1. The van der Waals surface area contributed by atoms with Crippen LogP contribution in [0.2, 0.25) is 0 Å². The topological polar surface area (TPSA) is 43.8 Å². The van der Waals surface area contributed by atoms with Crippen LogP contribution in [0.3, 0.4) is 0 Å². The third-order valence-corrected chi connectivity index (χ3v) is 5.42. The number of nitrogens with zero attached hydrogens (tertiary/aromatic N) is 2. The molecule has 1 saturated heterocycles.